The molecule has 0 bridgehead atoms. The van der Waals surface area contributed by atoms with Crippen LogP contribution in [0.4, 0.5) is 27.8 Å². The molecule has 2 rings (SSSR count). The number of para-hydroxylation sites is 1. The molecule has 0 unspecified atom stereocenters. The summed E-state index contributed by atoms with van der Waals surface area (Å²) in [5, 5.41) is 5.81. The third-order valence-electron chi connectivity index (χ3n) is 2.62. The lowest BCUT2D eigenvalue weighted by molar-refractivity contribution is 0.230. The fraction of sp³-hybridized carbons (Fsp3) is 0.143. The summed E-state index contributed by atoms with van der Waals surface area (Å²) in [6.07, 6.45) is 0. The normalized spacial score (nSPS) is 9.90. The second-order valence-corrected chi connectivity index (χ2v) is 4.44. The molecular weight excluding hydrogens is 254 g/mol. The Morgan fingerprint density at radius 1 is 1.15 bits per heavy atom. The Hall–Kier alpha value is -2.76. The van der Waals surface area contributed by atoms with Crippen molar-refractivity contribution in [2.75, 3.05) is 30.5 Å². The summed E-state index contributed by atoms with van der Waals surface area (Å²) in [6.45, 7) is 0. The number of rotatable bonds is 3. The summed E-state index contributed by atoms with van der Waals surface area (Å²) < 4.78 is 0. The molecule has 0 aliphatic rings. The number of anilines is 4. The standard InChI is InChI=1S/C14H17N5O/c1-19(2)14(20)17-11-8-9-12(18-13(11)15)16-10-6-4-3-5-7-10/h3-9H,1-2H3,(H,17,20)(H3,15,16,18). The number of benzene rings is 1. The van der Waals surface area contributed by atoms with Crippen molar-refractivity contribution in [3.8, 4) is 0 Å². The number of carbonyl (C=O) groups excluding carboxylic acids is 1. The van der Waals surface area contributed by atoms with Gasteiger partial charge in [-0.05, 0) is 24.3 Å². The first-order chi connectivity index (χ1) is 9.56. The number of nitrogens with zero attached hydrogens (tertiary/aromatic N) is 2. The minimum absolute atomic E-state index is 0.248. The quantitative estimate of drug-likeness (QED) is 0.801. The second-order valence-electron chi connectivity index (χ2n) is 4.44. The van der Waals surface area contributed by atoms with Crippen LogP contribution in [0, 0.1) is 0 Å². The van der Waals surface area contributed by atoms with Gasteiger partial charge >= 0.3 is 6.03 Å². The molecule has 6 heteroatoms. The number of amides is 2. The summed E-state index contributed by atoms with van der Waals surface area (Å²) >= 11 is 0. The Kier molecular flexibility index (Phi) is 4.05. The van der Waals surface area contributed by atoms with E-state index >= 15 is 0 Å². The van der Waals surface area contributed by atoms with Crippen LogP contribution < -0.4 is 16.4 Å². The molecule has 0 fully saturated rings. The van der Waals surface area contributed by atoms with Crippen LogP contribution in [-0.4, -0.2) is 30.0 Å². The van der Waals surface area contributed by atoms with Crippen LogP contribution in [0.1, 0.15) is 0 Å². The third kappa shape index (κ3) is 3.38. The van der Waals surface area contributed by atoms with Crippen LogP contribution in [-0.2, 0) is 0 Å². The molecule has 1 aromatic heterocycles. The van der Waals surface area contributed by atoms with E-state index in [0.717, 1.165) is 5.69 Å². The highest BCUT2D eigenvalue weighted by molar-refractivity contribution is 5.91. The molecule has 0 spiro atoms. The van der Waals surface area contributed by atoms with Gasteiger partial charge in [0, 0.05) is 19.8 Å². The van der Waals surface area contributed by atoms with Crippen molar-refractivity contribution in [1.29, 1.82) is 0 Å². The molecule has 0 aliphatic heterocycles. The average Bonchev–Trinajstić information content (AvgIpc) is 2.42. The van der Waals surface area contributed by atoms with Crippen molar-refractivity contribution in [1.82, 2.24) is 9.88 Å². The maximum atomic E-state index is 11.6. The van der Waals surface area contributed by atoms with Crippen molar-refractivity contribution in [3.05, 3.63) is 42.5 Å². The van der Waals surface area contributed by atoms with E-state index in [-0.39, 0.29) is 11.8 Å². The van der Waals surface area contributed by atoms with E-state index < -0.39 is 0 Å². The number of nitrogens with two attached hydrogens (primary N) is 1. The Balaban J connectivity index is 2.12. The molecule has 0 radical (unpaired) electrons. The van der Waals surface area contributed by atoms with Crippen LogP contribution in [0.3, 0.4) is 0 Å². The predicted octanol–water partition coefficient (Wildman–Crippen LogP) is 2.50. The van der Waals surface area contributed by atoms with Gasteiger partial charge in [-0.3, -0.25) is 0 Å². The van der Waals surface area contributed by atoms with Gasteiger partial charge in [0.05, 0.1) is 5.69 Å². The first kappa shape index (κ1) is 13.7. The molecule has 6 nitrogen and oxygen atoms in total. The van der Waals surface area contributed by atoms with Crippen molar-refractivity contribution in [3.63, 3.8) is 0 Å². The lowest BCUT2D eigenvalue weighted by Crippen LogP contribution is -2.27. The van der Waals surface area contributed by atoms with E-state index in [1.165, 1.54) is 4.90 Å². The predicted molar refractivity (Wildman–Crippen MR) is 81.1 cm³/mol. The molecule has 0 saturated heterocycles. The number of nitrogens with one attached hydrogen (secondary N) is 2. The van der Waals surface area contributed by atoms with Crippen LogP contribution in [0.25, 0.3) is 0 Å². The maximum Gasteiger partial charge on any atom is 0.321 e. The Bertz CT molecular complexity index is 598. The molecule has 1 aromatic carbocycles. The number of hydrogen-bond acceptors (Lipinski definition) is 4. The van der Waals surface area contributed by atoms with Crippen LogP contribution in [0.5, 0.6) is 0 Å². The zero-order valence-electron chi connectivity index (χ0n) is 11.4. The molecule has 2 aromatic rings. The van der Waals surface area contributed by atoms with E-state index in [2.05, 4.69) is 15.6 Å². The van der Waals surface area contributed by atoms with Gasteiger partial charge in [0.2, 0.25) is 0 Å². The smallest absolute Gasteiger partial charge is 0.321 e. The minimum Gasteiger partial charge on any atom is -0.382 e. The van der Waals surface area contributed by atoms with Gasteiger partial charge in [-0.1, -0.05) is 18.2 Å². The number of aromatic nitrogens is 1. The van der Waals surface area contributed by atoms with E-state index in [0.29, 0.717) is 11.5 Å². The fourth-order valence-corrected chi connectivity index (χ4v) is 1.55. The van der Waals surface area contributed by atoms with Crippen LogP contribution in [0.15, 0.2) is 42.5 Å². The van der Waals surface area contributed by atoms with Crippen molar-refractivity contribution in [2.24, 2.45) is 0 Å². The maximum absolute atomic E-state index is 11.6. The Morgan fingerprint density at radius 2 is 1.85 bits per heavy atom. The zero-order chi connectivity index (χ0) is 14.5. The summed E-state index contributed by atoms with van der Waals surface area (Å²) in [6, 6.07) is 12.9. The van der Waals surface area contributed by atoms with Crippen LogP contribution >= 0.6 is 0 Å². The summed E-state index contributed by atoms with van der Waals surface area (Å²) in [4.78, 5) is 17.2. The largest absolute Gasteiger partial charge is 0.382 e. The SMILES string of the molecule is CN(C)C(=O)Nc1ccc(Nc2ccccc2)nc1N. The van der Waals surface area contributed by atoms with Crippen molar-refractivity contribution in [2.45, 2.75) is 0 Å². The molecule has 0 saturated carbocycles. The van der Waals surface area contributed by atoms with Crippen molar-refractivity contribution < 1.29 is 4.79 Å². The molecule has 1 heterocycles. The number of hydrogen-bond donors (Lipinski definition) is 3. The number of carbonyl (C=O) groups is 1. The first-order valence-electron chi connectivity index (χ1n) is 6.13. The highest BCUT2D eigenvalue weighted by Gasteiger charge is 2.08. The highest BCUT2D eigenvalue weighted by Crippen LogP contribution is 2.21. The van der Waals surface area contributed by atoms with E-state index in [1.807, 2.05) is 30.3 Å². The van der Waals surface area contributed by atoms with Gasteiger partial charge in [-0.2, -0.15) is 0 Å². The summed E-state index contributed by atoms with van der Waals surface area (Å²) in [5.41, 5.74) is 7.25. The van der Waals surface area contributed by atoms with Gasteiger partial charge in [-0.15, -0.1) is 0 Å². The Morgan fingerprint density at radius 3 is 2.45 bits per heavy atom. The van der Waals surface area contributed by atoms with Gasteiger partial charge in [-0.25, -0.2) is 9.78 Å². The highest BCUT2D eigenvalue weighted by atomic mass is 16.2. The lowest BCUT2D eigenvalue weighted by atomic mass is 10.3. The summed E-state index contributed by atoms with van der Waals surface area (Å²) in [5.74, 6) is 0.887. The number of pyridine rings is 1. The second kappa shape index (κ2) is 5.92. The number of urea groups is 1. The molecule has 0 atom stereocenters. The summed E-state index contributed by atoms with van der Waals surface area (Å²) in [7, 11) is 3.31. The minimum atomic E-state index is -0.248. The van der Waals surface area contributed by atoms with Gasteiger partial charge < -0.3 is 21.3 Å². The lowest BCUT2D eigenvalue weighted by Gasteiger charge is -2.14. The molecule has 20 heavy (non-hydrogen) atoms. The molecule has 0 aliphatic carbocycles. The fourth-order valence-electron chi connectivity index (χ4n) is 1.55. The molecular formula is C14H17N5O. The van der Waals surface area contributed by atoms with E-state index in [1.54, 1.807) is 26.2 Å². The average molecular weight is 271 g/mol. The Labute approximate surface area is 117 Å². The molecule has 2 amide bonds. The zero-order valence-corrected chi connectivity index (χ0v) is 11.4. The van der Waals surface area contributed by atoms with Gasteiger partial charge in [0.1, 0.15) is 11.6 Å². The van der Waals surface area contributed by atoms with Gasteiger partial charge in [0.25, 0.3) is 0 Å². The third-order valence-corrected chi connectivity index (χ3v) is 2.62. The number of nitrogen functional groups attached to an aromatic ring is 1. The topological polar surface area (TPSA) is 83.3 Å². The van der Waals surface area contributed by atoms with Crippen molar-refractivity contribution >= 4 is 29.0 Å². The van der Waals surface area contributed by atoms with Gasteiger partial charge in [0.15, 0.2) is 0 Å². The van der Waals surface area contributed by atoms with Crippen LogP contribution in [0.2, 0.25) is 0 Å². The van der Waals surface area contributed by atoms with E-state index in [4.69, 9.17) is 5.73 Å². The first-order valence-corrected chi connectivity index (χ1v) is 6.13. The monoisotopic (exact) mass is 271 g/mol. The van der Waals surface area contributed by atoms with E-state index in [9.17, 15) is 4.79 Å². The molecule has 104 valence electrons. The molecule has 4 N–H and O–H groups in total.